The molecule has 0 spiro atoms. The molecule has 2 aromatic carbocycles. The van der Waals surface area contributed by atoms with Gasteiger partial charge in [0, 0.05) is 30.1 Å². The quantitative estimate of drug-likeness (QED) is 0.793. The summed E-state index contributed by atoms with van der Waals surface area (Å²) in [6.45, 7) is 0.821. The Kier molecular flexibility index (Phi) is 3.28. The maximum atomic E-state index is 12.3. The van der Waals surface area contributed by atoms with E-state index >= 15 is 0 Å². The lowest BCUT2D eigenvalue weighted by Gasteiger charge is -2.25. The second-order valence-corrected chi connectivity index (χ2v) is 5.81. The number of hydrogen-bond donors (Lipinski definition) is 1. The number of carbonyl (C=O) groups excluding carboxylic acids is 1. The van der Waals surface area contributed by atoms with Crippen LogP contribution in [0.3, 0.4) is 0 Å². The molecule has 110 valence electrons. The molecule has 0 fully saturated rings. The van der Waals surface area contributed by atoms with Crippen molar-refractivity contribution in [3.05, 3.63) is 71.9 Å². The number of rotatable bonds is 3. The first-order chi connectivity index (χ1) is 10.8. The third-order valence-electron chi connectivity index (χ3n) is 4.39. The third kappa shape index (κ3) is 2.24. The number of nitrogens with one attached hydrogen (secondary N) is 1. The third-order valence-corrected chi connectivity index (χ3v) is 4.39. The number of hydrogen-bond acceptors (Lipinski definition) is 2. The van der Waals surface area contributed by atoms with Crippen LogP contribution in [0.1, 0.15) is 34.9 Å². The Hall–Kier alpha value is -2.39. The van der Waals surface area contributed by atoms with E-state index < -0.39 is 0 Å². The normalized spacial score (nSPS) is 17.6. The first-order valence-electron chi connectivity index (χ1n) is 7.74. The van der Waals surface area contributed by atoms with Crippen LogP contribution >= 0.6 is 0 Å². The standard InChI is InChI=1S/C19H18N2O/c22-19-11-10-16(20-13-14-6-2-1-3-7-14)18-12-15-8-4-5-9-17(15)21(18)19/h1-9,12,16,20H,10-11,13H2. The van der Waals surface area contributed by atoms with E-state index in [0.717, 1.165) is 29.6 Å². The minimum atomic E-state index is 0.203. The van der Waals surface area contributed by atoms with E-state index in [4.69, 9.17) is 0 Å². The van der Waals surface area contributed by atoms with Crippen molar-refractivity contribution < 1.29 is 4.79 Å². The molecule has 0 saturated heterocycles. The first kappa shape index (κ1) is 13.3. The number of aromatic nitrogens is 1. The average Bonchev–Trinajstić information content (AvgIpc) is 2.96. The van der Waals surface area contributed by atoms with Gasteiger partial charge in [-0.2, -0.15) is 0 Å². The molecular formula is C19H18N2O. The van der Waals surface area contributed by atoms with Gasteiger partial charge in [-0.3, -0.25) is 9.36 Å². The number of benzene rings is 2. The molecule has 1 aliphatic heterocycles. The van der Waals surface area contributed by atoms with Crippen molar-refractivity contribution in [2.24, 2.45) is 0 Å². The Morgan fingerprint density at radius 2 is 1.82 bits per heavy atom. The van der Waals surface area contributed by atoms with Crippen molar-refractivity contribution in [2.75, 3.05) is 0 Å². The first-order valence-corrected chi connectivity index (χ1v) is 7.74. The van der Waals surface area contributed by atoms with E-state index in [2.05, 4.69) is 41.7 Å². The van der Waals surface area contributed by atoms with Gasteiger partial charge in [0.15, 0.2) is 0 Å². The van der Waals surface area contributed by atoms with E-state index in [1.807, 2.05) is 28.8 Å². The molecule has 3 aromatic rings. The van der Waals surface area contributed by atoms with Gasteiger partial charge in [-0.05, 0) is 24.1 Å². The van der Waals surface area contributed by atoms with Gasteiger partial charge in [-0.25, -0.2) is 0 Å². The van der Waals surface area contributed by atoms with Gasteiger partial charge in [-0.1, -0.05) is 48.5 Å². The second kappa shape index (κ2) is 5.43. The molecule has 0 amide bonds. The SMILES string of the molecule is O=C1CCC(NCc2ccccc2)c2cc3ccccc3n21. The smallest absolute Gasteiger partial charge is 0.231 e. The maximum Gasteiger partial charge on any atom is 0.231 e. The number of carbonyl (C=O) groups is 1. The minimum Gasteiger partial charge on any atom is -0.305 e. The van der Waals surface area contributed by atoms with Crippen LogP contribution in [0.2, 0.25) is 0 Å². The summed E-state index contributed by atoms with van der Waals surface area (Å²) in [4.78, 5) is 12.3. The Morgan fingerprint density at radius 1 is 1.05 bits per heavy atom. The number of para-hydroxylation sites is 1. The number of nitrogens with zero attached hydrogens (tertiary/aromatic N) is 1. The van der Waals surface area contributed by atoms with Crippen LogP contribution in [-0.2, 0) is 6.54 Å². The Bertz CT molecular complexity index is 820. The van der Waals surface area contributed by atoms with Crippen molar-refractivity contribution in [1.29, 1.82) is 0 Å². The van der Waals surface area contributed by atoms with Crippen LogP contribution in [0, 0.1) is 0 Å². The lowest BCUT2D eigenvalue weighted by molar-refractivity contribution is 0.0876. The van der Waals surface area contributed by atoms with Crippen molar-refractivity contribution in [3.8, 4) is 0 Å². The van der Waals surface area contributed by atoms with Crippen LogP contribution in [0.15, 0.2) is 60.7 Å². The van der Waals surface area contributed by atoms with Crippen molar-refractivity contribution >= 4 is 16.8 Å². The lowest BCUT2D eigenvalue weighted by atomic mass is 10.0. The summed E-state index contributed by atoms with van der Waals surface area (Å²) < 4.78 is 1.89. The van der Waals surface area contributed by atoms with Crippen LogP contribution < -0.4 is 5.32 Å². The minimum absolute atomic E-state index is 0.203. The molecule has 0 bridgehead atoms. The fourth-order valence-corrected chi connectivity index (χ4v) is 3.28. The lowest BCUT2D eigenvalue weighted by Crippen LogP contribution is -2.30. The Balaban J connectivity index is 1.66. The summed E-state index contributed by atoms with van der Waals surface area (Å²) in [5.74, 6) is 0.203. The van der Waals surface area contributed by atoms with E-state index in [0.29, 0.717) is 6.42 Å². The zero-order valence-corrected chi connectivity index (χ0v) is 12.3. The molecule has 1 aromatic heterocycles. The highest BCUT2D eigenvalue weighted by atomic mass is 16.2. The van der Waals surface area contributed by atoms with Crippen LogP contribution in [-0.4, -0.2) is 10.5 Å². The molecule has 2 heterocycles. The molecule has 1 N–H and O–H groups in total. The summed E-state index contributed by atoms with van der Waals surface area (Å²) in [7, 11) is 0. The molecule has 4 rings (SSSR count). The summed E-state index contributed by atoms with van der Waals surface area (Å²) in [6.07, 6.45) is 1.46. The number of fused-ring (bicyclic) bond motifs is 3. The van der Waals surface area contributed by atoms with Crippen molar-refractivity contribution in [2.45, 2.75) is 25.4 Å². The zero-order valence-electron chi connectivity index (χ0n) is 12.3. The van der Waals surface area contributed by atoms with E-state index in [1.165, 1.54) is 5.56 Å². The maximum absolute atomic E-state index is 12.3. The van der Waals surface area contributed by atoms with Crippen molar-refractivity contribution in [1.82, 2.24) is 9.88 Å². The van der Waals surface area contributed by atoms with Gasteiger partial charge in [0.2, 0.25) is 5.91 Å². The van der Waals surface area contributed by atoms with Gasteiger partial charge in [0.05, 0.1) is 5.52 Å². The highest BCUT2D eigenvalue weighted by Gasteiger charge is 2.26. The van der Waals surface area contributed by atoms with E-state index in [9.17, 15) is 4.79 Å². The van der Waals surface area contributed by atoms with E-state index in [-0.39, 0.29) is 11.9 Å². The fourth-order valence-electron chi connectivity index (χ4n) is 3.28. The molecular weight excluding hydrogens is 272 g/mol. The highest BCUT2D eigenvalue weighted by Crippen LogP contribution is 2.31. The monoisotopic (exact) mass is 290 g/mol. The molecule has 1 atom stereocenters. The van der Waals surface area contributed by atoms with Gasteiger partial charge in [-0.15, -0.1) is 0 Å². The summed E-state index contributed by atoms with van der Waals surface area (Å²) in [6, 6.07) is 20.9. The van der Waals surface area contributed by atoms with Crippen LogP contribution in [0.25, 0.3) is 10.9 Å². The molecule has 3 heteroatoms. The van der Waals surface area contributed by atoms with Gasteiger partial charge in [0.25, 0.3) is 0 Å². The second-order valence-electron chi connectivity index (χ2n) is 5.81. The molecule has 22 heavy (non-hydrogen) atoms. The topological polar surface area (TPSA) is 34.0 Å². The molecule has 0 saturated carbocycles. The molecule has 3 nitrogen and oxygen atoms in total. The Labute approximate surface area is 129 Å². The molecule has 0 aliphatic carbocycles. The average molecular weight is 290 g/mol. The largest absolute Gasteiger partial charge is 0.305 e. The molecule has 1 unspecified atom stereocenters. The highest BCUT2D eigenvalue weighted by molar-refractivity contribution is 5.94. The predicted molar refractivity (Wildman–Crippen MR) is 87.8 cm³/mol. The van der Waals surface area contributed by atoms with Gasteiger partial charge in [0.1, 0.15) is 0 Å². The molecule has 1 aliphatic rings. The molecule has 0 radical (unpaired) electrons. The van der Waals surface area contributed by atoms with Gasteiger partial charge >= 0.3 is 0 Å². The fraction of sp³-hybridized carbons (Fsp3) is 0.211. The zero-order chi connectivity index (χ0) is 14.9. The predicted octanol–water partition coefficient (Wildman–Crippen LogP) is 3.91. The van der Waals surface area contributed by atoms with Gasteiger partial charge < -0.3 is 5.32 Å². The summed E-state index contributed by atoms with van der Waals surface area (Å²) >= 11 is 0. The Morgan fingerprint density at radius 3 is 2.68 bits per heavy atom. The van der Waals surface area contributed by atoms with Crippen LogP contribution in [0.5, 0.6) is 0 Å². The van der Waals surface area contributed by atoms with Crippen molar-refractivity contribution in [3.63, 3.8) is 0 Å². The van der Waals surface area contributed by atoms with Crippen LogP contribution in [0.4, 0.5) is 0 Å². The summed E-state index contributed by atoms with van der Waals surface area (Å²) in [5.41, 5.74) is 3.38. The van der Waals surface area contributed by atoms with E-state index in [1.54, 1.807) is 0 Å². The summed E-state index contributed by atoms with van der Waals surface area (Å²) in [5, 5.41) is 4.74.